The van der Waals surface area contributed by atoms with Gasteiger partial charge in [0.2, 0.25) is 0 Å². The highest BCUT2D eigenvalue weighted by Gasteiger charge is 2.51. The Balaban J connectivity index is 1.82. The van der Waals surface area contributed by atoms with Crippen LogP contribution in [-0.4, -0.2) is 18.3 Å². The van der Waals surface area contributed by atoms with Gasteiger partial charge in [0.25, 0.3) is 0 Å². The lowest BCUT2D eigenvalue weighted by Gasteiger charge is -2.54. The van der Waals surface area contributed by atoms with Crippen molar-refractivity contribution < 1.29 is 4.84 Å². The van der Waals surface area contributed by atoms with Gasteiger partial charge in [-0.1, -0.05) is 0 Å². The average Bonchev–Trinajstić information content (AvgIpc) is 2.22. The third-order valence-corrected chi connectivity index (χ3v) is 4.70. The number of rotatable bonds is 3. The van der Waals surface area contributed by atoms with Gasteiger partial charge in [-0.2, -0.15) is 0 Å². The van der Waals surface area contributed by atoms with E-state index in [-0.39, 0.29) is 6.04 Å². The van der Waals surface area contributed by atoms with E-state index in [0.717, 1.165) is 11.8 Å². The fourth-order valence-electron chi connectivity index (χ4n) is 4.47. The molecule has 0 amide bonds. The topological polar surface area (TPSA) is 41.9 Å². The van der Waals surface area contributed by atoms with Gasteiger partial charge < -0.3 is 0 Å². The van der Waals surface area contributed by atoms with Gasteiger partial charge in [-0.25, -0.2) is 0 Å². The lowest BCUT2D eigenvalue weighted by atomic mass is 9.54. The van der Waals surface area contributed by atoms with Crippen molar-refractivity contribution >= 4 is 0 Å². The molecular weight excluding hydrogens is 192 g/mol. The Morgan fingerprint density at radius 3 is 2.00 bits per heavy atom. The number of hydrogen-bond donors (Lipinski definition) is 0. The first kappa shape index (κ1) is 9.58. The molecule has 0 saturated heterocycles. The van der Waals surface area contributed by atoms with Gasteiger partial charge in [0.05, 0.1) is 18.4 Å². The zero-order valence-corrected chi connectivity index (χ0v) is 9.13. The molecule has 0 aromatic heterocycles. The maximum atomic E-state index is 10.7. The van der Waals surface area contributed by atoms with Gasteiger partial charge in [0.1, 0.15) is 0 Å². The number of nitroso groups, excluding NO2 is 1. The lowest BCUT2D eigenvalue weighted by Crippen LogP contribution is -2.54. The molecule has 4 heteroatoms. The number of hydroxylamine groups is 1. The van der Waals surface area contributed by atoms with Gasteiger partial charge in [-0.15, -0.1) is 10.1 Å². The van der Waals surface area contributed by atoms with Crippen LogP contribution in [0.2, 0.25) is 0 Å². The Morgan fingerprint density at radius 1 is 1.07 bits per heavy atom. The van der Waals surface area contributed by atoms with Gasteiger partial charge in [0.15, 0.2) is 0 Å². The molecule has 0 aromatic rings. The van der Waals surface area contributed by atoms with Crippen LogP contribution in [0.4, 0.5) is 0 Å². The van der Waals surface area contributed by atoms with E-state index in [1.165, 1.54) is 37.3 Å². The molecule has 0 aromatic carbocycles. The van der Waals surface area contributed by atoms with Crippen LogP contribution in [0.25, 0.3) is 0 Å². The molecule has 4 rings (SSSR count). The summed E-state index contributed by atoms with van der Waals surface area (Å²) < 4.78 is 0. The largest absolute Gasteiger partial charge is 0.257 e. The molecule has 4 aliphatic carbocycles. The van der Waals surface area contributed by atoms with Crippen molar-refractivity contribution in [2.24, 2.45) is 29.0 Å². The summed E-state index contributed by atoms with van der Waals surface area (Å²) in [5.41, 5.74) is 0. The smallest absolute Gasteiger partial charge is 0.0846 e. The first-order chi connectivity index (χ1) is 7.31. The van der Waals surface area contributed by atoms with Crippen LogP contribution >= 0.6 is 0 Å². The van der Waals surface area contributed by atoms with Crippen LogP contribution in [0.1, 0.15) is 32.1 Å². The highest BCUT2D eigenvalue weighted by Crippen LogP contribution is 2.55. The summed E-state index contributed by atoms with van der Waals surface area (Å²) in [7, 11) is 1.55. The Kier molecular flexibility index (Phi) is 2.20. The molecule has 0 aliphatic heterocycles. The zero-order chi connectivity index (χ0) is 10.4. The fourth-order valence-corrected chi connectivity index (χ4v) is 4.47. The van der Waals surface area contributed by atoms with Gasteiger partial charge in [-0.3, -0.25) is 4.84 Å². The van der Waals surface area contributed by atoms with Crippen molar-refractivity contribution in [2.75, 3.05) is 7.11 Å². The molecule has 4 fully saturated rings. The summed E-state index contributed by atoms with van der Waals surface area (Å²) in [6, 6.07) is 0.264. The standard InChI is InChI=1S/C11H18N2O2/c1-15-13(12-14)11-9-3-7-2-8(5-9)6-10(11)4-7/h7-11H,2-6H2,1H3. The highest BCUT2D eigenvalue weighted by molar-refractivity contribution is 5.00. The minimum absolute atomic E-state index is 0.264. The molecular formula is C11H18N2O2. The molecule has 0 N–H and O–H groups in total. The molecule has 0 unspecified atom stereocenters. The van der Waals surface area contributed by atoms with E-state index >= 15 is 0 Å². The van der Waals surface area contributed by atoms with Crippen LogP contribution in [0.15, 0.2) is 5.29 Å². The zero-order valence-electron chi connectivity index (χ0n) is 9.13. The highest BCUT2D eigenvalue weighted by atomic mass is 16.7. The first-order valence-corrected chi connectivity index (χ1v) is 5.98. The van der Waals surface area contributed by atoms with Crippen molar-refractivity contribution in [3.8, 4) is 0 Å². The average molecular weight is 210 g/mol. The van der Waals surface area contributed by atoms with Crippen LogP contribution in [0.3, 0.4) is 0 Å². The summed E-state index contributed by atoms with van der Waals surface area (Å²) in [4.78, 5) is 15.8. The fraction of sp³-hybridized carbons (Fsp3) is 1.00. The molecule has 4 bridgehead atoms. The Morgan fingerprint density at radius 2 is 1.60 bits per heavy atom. The maximum Gasteiger partial charge on any atom is 0.0846 e. The van der Waals surface area contributed by atoms with Crippen molar-refractivity contribution in [3.63, 3.8) is 0 Å². The minimum Gasteiger partial charge on any atom is -0.257 e. The van der Waals surface area contributed by atoms with E-state index in [1.54, 1.807) is 7.11 Å². The molecule has 0 atom stereocenters. The van der Waals surface area contributed by atoms with Gasteiger partial charge in [-0.05, 0) is 55.8 Å². The predicted octanol–water partition coefficient (Wildman–Crippen LogP) is 2.36. The Bertz CT molecular complexity index is 241. The summed E-state index contributed by atoms with van der Waals surface area (Å²) in [5.74, 6) is 3.15. The normalized spacial score (nSPS) is 46.9. The Hall–Kier alpha value is -0.640. The quantitative estimate of drug-likeness (QED) is 0.530. The van der Waals surface area contributed by atoms with E-state index in [1.807, 2.05) is 0 Å². The summed E-state index contributed by atoms with van der Waals surface area (Å²) in [6.07, 6.45) is 6.57. The molecule has 0 spiro atoms. The van der Waals surface area contributed by atoms with Crippen LogP contribution in [0, 0.1) is 28.6 Å². The summed E-state index contributed by atoms with van der Waals surface area (Å²) in [6.45, 7) is 0. The maximum absolute atomic E-state index is 10.7. The van der Waals surface area contributed by atoms with E-state index in [4.69, 9.17) is 4.84 Å². The third-order valence-electron chi connectivity index (χ3n) is 4.70. The van der Waals surface area contributed by atoms with Gasteiger partial charge >= 0.3 is 0 Å². The van der Waals surface area contributed by atoms with Crippen molar-refractivity contribution in [2.45, 2.75) is 38.1 Å². The van der Waals surface area contributed by atoms with Crippen molar-refractivity contribution in [1.82, 2.24) is 5.17 Å². The molecule has 84 valence electrons. The Labute approximate surface area is 89.9 Å². The second-order valence-electron chi connectivity index (χ2n) is 5.49. The van der Waals surface area contributed by atoms with Crippen molar-refractivity contribution in [3.05, 3.63) is 4.91 Å². The van der Waals surface area contributed by atoms with E-state index in [9.17, 15) is 4.91 Å². The monoisotopic (exact) mass is 210 g/mol. The predicted molar refractivity (Wildman–Crippen MR) is 55.5 cm³/mol. The molecule has 0 heterocycles. The van der Waals surface area contributed by atoms with Crippen LogP contribution < -0.4 is 0 Å². The lowest BCUT2D eigenvalue weighted by molar-refractivity contribution is -0.220. The molecule has 4 saturated carbocycles. The number of nitrogens with zero attached hydrogens (tertiary/aromatic N) is 2. The third kappa shape index (κ3) is 1.38. The van der Waals surface area contributed by atoms with E-state index < -0.39 is 0 Å². The second kappa shape index (κ2) is 3.44. The van der Waals surface area contributed by atoms with Crippen molar-refractivity contribution in [1.29, 1.82) is 0 Å². The van der Waals surface area contributed by atoms with Gasteiger partial charge in [0, 0.05) is 0 Å². The SMILES string of the molecule is CON(N=O)C1C2CC3CC(C2)CC1C3. The second-order valence-corrected chi connectivity index (χ2v) is 5.49. The molecule has 4 aliphatic rings. The molecule has 15 heavy (non-hydrogen) atoms. The summed E-state index contributed by atoms with van der Waals surface area (Å²) in [5, 5.41) is 4.34. The summed E-state index contributed by atoms with van der Waals surface area (Å²) >= 11 is 0. The first-order valence-electron chi connectivity index (χ1n) is 5.98. The molecule has 0 radical (unpaired) electrons. The van der Waals surface area contributed by atoms with Crippen LogP contribution in [-0.2, 0) is 4.84 Å². The number of hydrogen-bond acceptors (Lipinski definition) is 3. The van der Waals surface area contributed by atoms with E-state index in [2.05, 4.69) is 5.29 Å². The minimum atomic E-state index is 0.264. The van der Waals surface area contributed by atoms with E-state index in [0.29, 0.717) is 11.8 Å². The molecule has 4 nitrogen and oxygen atoms in total. The van der Waals surface area contributed by atoms with Crippen LogP contribution in [0.5, 0.6) is 0 Å².